The summed E-state index contributed by atoms with van der Waals surface area (Å²) in [6.07, 6.45) is -41.4. The molecule has 0 N–H and O–H groups in total. The number of hydrogen-bond acceptors (Lipinski definition) is 4. The van der Waals surface area contributed by atoms with Crippen molar-refractivity contribution in [3.63, 3.8) is 0 Å². The van der Waals surface area contributed by atoms with Crippen LogP contribution in [0.15, 0.2) is 0 Å². The summed E-state index contributed by atoms with van der Waals surface area (Å²) < 4.78 is 380. The van der Waals surface area contributed by atoms with Crippen molar-refractivity contribution >= 4 is 9.05 Å². The number of rotatable bonds is 20. The molecule has 0 rings (SSSR count). The zero-order chi connectivity index (χ0) is 43.0. The molecule has 0 spiro atoms. The number of hydrogen-bond donors (Lipinski definition) is 0. The van der Waals surface area contributed by atoms with Crippen LogP contribution in [0.5, 0.6) is 0 Å². The third-order valence-electron chi connectivity index (χ3n) is 6.04. The second-order valence-electron chi connectivity index (χ2n) is 10.0. The molecule has 0 bridgehead atoms. The molecule has 0 radical (unpaired) electrons. The number of halogens is 28. The Hall–Kier alpha value is -1.90. The minimum atomic E-state index is -7.19. The maximum atomic E-state index is 13.7. The van der Waals surface area contributed by atoms with Gasteiger partial charge in [0.05, 0.1) is 0 Å². The molecule has 0 unspecified atom stereocenters. The molecule has 0 amide bonds. The summed E-state index contributed by atoms with van der Waals surface area (Å²) in [5.41, 5.74) is 0. The summed E-state index contributed by atoms with van der Waals surface area (Å²) in [6, 6.07) is 0. The smallest absolute Gasteiger partial charge is 0.351 e. The fourth-order valence-electron chi connectivity index (χ4n) is 2.92. The van der Waals surface area contributed by atoms with E-state index in [0.29, 0.717) is 0 Å². The topological polar surface area (TPSA) is 36.9 Å². The first-order valence-electron chi connectivity index (χ1n) is 12.7. The second-order valence-corrected chi connectivity index (χ2v) is 12.2. The van der Waals surface area contributed by atoms with E-state index in [1.807, 2.05) is 0 Å². The first-order chi connectivity index (χ1) is 22.8. The van der Waals surface area contributed by atoms with Crippen molar-refractivity contribution in [3.05, 3.63) is 0 Å². The Kier molecular flexibility index (Phi) is 15.0. The summed E-state index contributed by atoms with van der Waals surface area (Å²) in [7, 11) is -7.05. The van der Waals surface area contributed by atoms with Crippen molar-refractivity contribution in [2.45, 2.75) is 97.8 Å². The van der Waals surface area contributed by atoms with E-state index in [9.17, 15) is 123 Å². The number of alkyl halides is 28. The predicted octanol–water partition coefficient (Wildman–Crippen LogP) is 10.4. The summed E-state index contributed by atoms with van der Waals surface area (Å²) in [4.78, 5) is 0. The SMILES string of the molecule is FC(F)(F)C(F)(F)C(F)(F)CCO[Si](OCCC(F)(F)C(F)(F)C(F)(F)F)(OCCC(F)(F)C(F)(F)C(F)(F)F)OCCC(F)(F)C(F)(F)C(F)(F)F. The van der Waals surface area contributed by atoms with E-state index in [2.05, 4.69) is 17.7 Å². The molecule has 0 aromatic carbocycles. The second kappa shape index (κ2) is 15.6. The van der Waals surface area contributed by atoms with Gasteiger partial charge in [0, 0.05) is 52.1 Å². The molecule has 0 aromatic rings. The lowest BCUT2D eigenvalue weighted by molar-refractivity contribution is -0.357. The Morgan fingerprint density at radius 3 is 0.491 bits per heavy atom. The van der Waals surface area contributed by atoms with E-state index in [4.69, 9.17) is 0 Å². The Balaban J connectivity index is 6.96. The lowest BCUT2D eigenvalue weighted by Crippen LogP contribution is -2.56. The van der Waals surface area contributed by atoms with Crippen LogP contribution in [0.3, 0.4) is 0 Å². The van der Waals surface area contributed by atoms with Crippen molar-refractivity contribution in [3.8, 4) is 0 Å². The highest BCUT2D eigenvalue weighted by Crippen LogP contribution is 2.51. The minimum absolute atomic E-state index is 2.75. The van der Waals surface area contributed by atoms with Crippen LogP contribution in [-0.2, 0) is 17.7 Å². The van der Waals surface area contributed by atoms with Crippen LogP contribution in [0.2, 0.25) is 0 Å². The van der Waals surface area contributed by atoms with Gasteiger partial charge in [0.1, 0.15) is 0 Å². The van der Waals surface area contributed by atoms with E-state index >= 15 is 0 Å². The van der Waals surface area contributed by atoms with Gasteiger partial charge in [-0.2, -0.15) is 123 Å². The molecule has 0 aliphatic rings. The van der Waals surface area contributed by atoms with Gasteiger partial charge in [-0.25, -0.2) is 0 Å². The average Bonchev–Trinajstić information content (AvgIpc) is 2.89. The Morgan fingerprint density at radius 1 is 0.245 bits per heavy atom. The predicted molar refractivity (Wildman–Crippen MR) is 112 cm³/mol. The molecule has 0 fully saturated rings. The van der Waals surface area contributed by atoms with Crippen molar-refractivity contribution in [2.75, 3.05) is 26.4 Å². The van der Waals surface area contributed by atoms with Gasteiger partial charge in [-0.05, 0) is 0 Å². The van der Waals surface area contributed by atoms with E-state index in [-0.39, 0.29) is 0 Å². The molecule has 0 aliphatic carbocycles. The van der Waals surface area contributed by atoms with Crippen LogP contribution >= 0.6 is 0 Å². The van der Waals surface area contributed by atoms with Gasteiger partial charge in [-0.15, -0.1) is 0 Å². The first kappa shape index (κ1) is 51.1. The molecule has 53 heavy (non-hydrogen) atoms. The summed E-state index contributed by atoms with van der Waals surface area (Å²) in [5.74, 6) is -54.4. The maximum Gasteiger partial charge on any atom is 0.679 e. The molecule has 0 saturated carbocycles. The average molecular weight is 880 g/mol. The van der Waals surface area contributed by atoms with Crippen molar-refractivity contribution in [2.24, 2.45) is 0 Å². The van der Waals surface area contributed by atoms with Crippen LogP contribution in [0.25, 0.3) is 0 Å². The van der Waals surface area contributed by atoms with Crippen molar-refractivity contribution < 1.29 is 141 Å². The molecule has 0 aliphatic heterocycles. The minimum Gasteiger partial charge on any atom is -0.351 e. The Morgan fingerprint density at radius 2 is 0.377 bits per heavy atom. The summed E-state index contributed by atoms with van der Waals surface area (Å²) in [5, 5.41) is 0. The standard InChI is InChI=1S/C20H16F28O4Si/c21-9(22,13(29,30)17(37,38)39)1-5-49-53(50-6-2-10(23,24)14(31,32)18(40,41)42,51-7-3-11(25,26)15(33,34)19(43,44)45)52-8-4-12(27,28)16(35,36)20(46,47)48/h1-8H2. The first-order valence-corrected chi connectivity index (χ1v) is 14.3. The normalized spacial score (nSPS) is 16.1. The molecular weight excluding hydrogens is 864 g/mol. The molecule has 0 saturated heterocycles. The highest BCUT2D eigenvalue weighted by atomic mass is 28.4. The zero-order valence-electron chi connectivity index (χ0n) is 24.4. The fraction of sp³-hybridized carbons (Fsp3) is 1.00. The van der Waals surface area contributed by atoms with E-state index in [1.165, 1.54) is 0 Å². The molecule has 320 valence electrons. The summed E-state index contributed by atoms with van der Waals surface area (Å²) >= 11 is 0. The fourth-order valence-corrected chi connectivity index (χ4v) is 4.83. The van der Waals surface area contributed by atoms with Gasteiger partial charge in [0.15, 0.2) is 0 Å². The van der Waals surface area contributed by atoms with Gasteiger partial charge < -0.3 is 17.7 Å². The van der Waals surface area contributed by atoms with Crippen LogP contribution in [0.1, 0.15) is 25.7 Å². The third kappa shape index (κ3) is 11.1. The molecule has 0 heterocycles. The largest absolute Gasteiger partial charge is 0.679 e. The van der Waals surface area contributed by atoms with Gasteiger partial charge in [0.25, 0.3) is 0 Å². The van der Waals surface area contributed by atoms with Gasteiger partial charge >= 0.3 is 81.1 Å². The van der Waals surface area contributed by atoms with E-state index < -0.39 is 133 Å². The van der Waals surface area contributed by atoms with Gasteiger partial charge in [-0.3, -0.25) is 0 Å². The molecule has 0 aromatic heterocycles. The molecule has 4 nitrogen and oxygen atoms in total. The van der Waals surface area contributed by atoms with Gasteiger partial charge in [-0.1, -0.05) is 0 Å². The molecule has 33 heteroatoms. The van der Waals surface area contributed by atoms with E-state index in [0.717, 1.165) is 0 Å². The maximum absolute atomic E-state index is 13.7. The Bertz CT molecular complexity index is 990. The highest BCUT2D eigenvalue weighted by molar-refractivity contribution is 6.53. The molecular formula is C20H16F28O4Si. The van der Waals surface area contributed by atoms with E-state index in [1.54, 1.807) is 0 Å². The van der Waals surface area contributed by atoms with Crippen molar-refractivity contribution in [1.29, 1.82) is 0 Å². The quantitative estimate of drug-likeness (QED) is 0.0902. The van der Waals surface area contributed by atoms with Crippen molar-refractivity contribution in [1.82, 2.24) is 0 Å². The van der Waals surface area contributed by atoms with Crippen LogP contribution < -0.4 is 0 Å². The lowest BCUT2D eigenvalue weighted by Gasteiger charge is -2.34. The molecule has 0 atom stereocenters. The zero-order valence-corrected chi connectivity index (χ0v) is 25.4. The van der Waals surface area contributed by atoms with Gasteiger partial charge in [0.2, 0.25) is 0 Å². The van der Waals surface area contributed by atoms with Crippen LogP contribution in [0, 0.1) is 0 Å². The Labute approximate surface area is 275 Å². The monoisotopic (exact) mass is 880 g/mol. The third-order valence-corrected chi connectivity index (χ3v) is 8.27. The highest BCUT2D eigenvalue weighted by Gasteiger charge is 2.75. The summed E-state index contributed by atoms with van der Waals surface area (Å²) in [6.45, 7) is -11.0. The lowest BCUT2D eigenvalue weighted by atomic mass is 10.1. The van der Waals surface area contributed by atoms with Crippen LogP contribution in [0.4, 0.5) is 123 Å². The van der Waals surface area contributed by atoms with Crippen LogP contribution in [-0.4, -0.2) is 108 Å².